The van der Waals surface area contributed by atoms with Crippen LogP contribution in [-0.4, -0.2) is 59.2 Å². The fraction of sp³-hybridized carbons (Fsp3) is 0.440. The van der Waals surface area contributed by atoms with E-state index in [4.69, 9.17) is 0 Å². The molecule has 0 saturated carbocycles. The molecule has 2 amide bonds. The number of likely N-dealkylation sites (tertiary alicyclic amines) is 1. The van der Waals surface area contributed by atoms with Crippen LogP contribution in [0.2, 0.25) is 0 Å². The molecule has 2 fully saturated rings. The number of amides is 2. The normalized spacial score (nSPS) is 22.7. The highest BCUT2D eigenvalue weighted by Crippen LogP contribution is 2.34. The maximum absolute atomic E-state index is 13.2. The molecule has 2 atom stereocenters. The number of benzene rings is 2. The van der Waals surface area contributed by atoms with Gasteiger partial charge in [-0.1, -0.05) is 60.7 Å². The van der Waals surface area contributed by atoms with Crippen LogP contribution in [0.4, 0.5) is 0 Å². The molecular formula is C25H31N3O2. The number of carbonyl (C=O) groups is 2. The maximum Gasteiger partial charge on any atom is 0.227 e. The summed E-state index contributed by atoms with van der Waals surface area (Å²) in [5, 5.41) is 0. The predicted molar refractivity (Wildman–Crippen MR) is 118 cm³/mol. The van der Waals surface area contributed by atoms with Gasteiger partial charge < -0.3 is 9.80 Å². The first-order valence-electron chi connectivity index (χ1n) is 11.0. The van der Waals surface area contributed by atoms with Crippen molar-refractivity contribution in [2.45, 2.75) is 32.4 Å². The molecular weight excluding hydrogens is 374 g/mol. The second-order valence-corrected chi connectivity index (χ2v) is 8.46. The Kier molecular flexibility index (Phi) is 6.48. The summed E-state index contributed by atoms with van der Waals surface area (Å²) < 4.78 is 0. The number of piperazine rings is 1. The summed E-state index contributed by atoms with van der Waals surface area (Å²) in [6.45, 7) is 6.41. The van der Waals surface area contributed by atoms with Gasteiger partial charge in [0.15, 0.2) is 0 Å². The molecule has 0 radical (unpaired) electrons. The Morgan fingerprint density at radius 2 is 1.50 bits per heavy atom. The predicted octanol–water partition coefficient (Wildman–Crippen LogP) is 3.33. The highest BCUT2D eigenvalue weighted by Gasteiger charge is 2.36. The molecule has 0 N–H and O–H groups in total. The SMILES string of the molecule is CC(=O)N1CC(C(=O)N2CCN(Cc3ccccc3)CC2)CCC1c1ccccc1. The van der Waals surface area contributed by atoms with Crippen molar-refractivity contribution in [2.24, 2.45) is 5.92 Å². The summed E-state index contributed by atoms with van der Waals surface area (Å²) in [5.74, 6) is 0.177. The minimum Gasteiger partial charge on any atom is -0.340 e. The third kappa shape index (κ3) is 4.73. The number of hydrogen-bond acceptors (Lipinski definition) is 3. The average Bonchev–Trinajstić information content (AvgIpc) is 2.80. The third-order valence-corrected chi connectivity index (χ3v) is 6.45. The lowest BCUT2D eigenvalue weighted by Gasteiger charge is -2.42. The Bertz CT molecular complexity index is 847. The number of carbonyl (C=O) groups excluding carboxylic acids is 2. The van der Waals surface area contributed by atoms with E-state index in [0.29, 0.717) is 6.54 Å². The first-order valence-corrected chi connectivity index (χ1v) is 11.0. The van der Waals surface area contributed by atoms with Gasteiger partial charge in [-0.25, -0.2) is 0 Å². The molecule has 2 heterocycles. The van der Waals surface area contributed by atoms with E-state index in [-0.39, 0.29) is 23.8 Å². The number of rotatable bonds is 4. The third-order valence-electron chi connectivity index (χ3n) is 6.45. The smallest absolute Gasteiger partial charge is 0.227 e. The highest BCUT2D eigenvalue weighted by molar-refractivity contribution is 5.81. The van der Waals surface area contributed by atoms with Gasteiger partial charge >= 0.3 is 0 Å². The van der Waals surface area contributed by atoms with Crippen molar-refractivity contribution in [3.05, 3.63) is 71.8 Å². The minimum atomic E-state index is -0.0884. The fourth-order valence-corrected chi connectivity index (χ4v) is 4.77. The Morgan fingerprint density at radius 3 is 2.13 bits per heavy atom. The summed E-state index contributed by atoms with van der Waals surface area (Å²) in [6.07, 6.45) is 1.68. The van der Waals surface area contributed by atoms with Crippen LogP contribution in [0.3, 0.4) is 0 Å². The van der Waals surface area contributed by atoms with E-state index in [1.54, 1.807) is 6.92 Å². The molecule has 0 aromatic heterocycles. The van der Waals surface area contributed by atoms with E-state index < -0.39 is 0 Å². The van der Waals surface area contributed by atoms with E-state index in [1.807, 2.05) is 34.1 Å². The molecule has 0 spiro atoms. The first kappa shape index (κ1) is 20.6. The van der Waals surface area contributed by atoms with Gasteiger partial charge in [0.05, 0.1) is 12.0 Å². The zero-order chi connectivity index (χ0) is 20.9. The topological polar surface area (TPSA) is 43.9 Å². The Morgan fingerprint density at radius 1 is 0.867 bits per heavy atom. The number of nitrogens with zero attached hydrogens (tertiary/aromatic N) is 3. The lowest BCUT2D eigenvalue weighted by Crippen LogP contribution is -2.53. The Balaban J connectivity index is 1.33. The maximum atomic E-state index is 13.2. The molecule has 2 aromatic rings. The molecule has 2 aliphatic rings. The van der Waals surface area contributed by atoms with Crippen LogP contribution >= 0.6 is 0 Å². The first-order chi connectivity index (χ1) is 14.6. The van der Waals surface area contributed by atoms with Gasteiger partial charge in [-0.15, -0.1) is 0 Å². The second-order valence-electron chi connectivity index (χ2n) is 8.46. The summed E-state index contributed by atoms with van der Waals surface area (Å²) in [6, 6.07) is 20.7. The molecule has 5 heteroatoms. The van der Waals surface area contributed by atoms with Gasteiger partial charge in [-0.05, 0) is 24.0 Å². The van der Waals surface area contributed by atoms with Crippen LogP contribution in [0, 0.1) is 5.92 Å². The van der Waals surface area contributed by atoms with Gasteiger partial charge in [-0.2, -0.15) is 0 Å². The van der Waals surface area contributed by atoms with Gasteiger partial charge in [0, 0.05) is 46.2 Å². The van der Waals surface area contributed by atoms with Crippen molar-refractivity contribution >= 4 is 11.8 Å². The monoisotopic (exact) mass is 405 g/mol. The summed E-state index contributed by atoms with van der Waals surface area (Å²) in [5.41, 5.74) is 2.47. The van der Waals surface area contributed by atoms with E-state index in [9.17, 15) is 9.59 Å². The van der Waals surface area contributed by atoms with Gasteiger partial charge in [0.1, 0.15) is 0 Å². The molecule has 5 nitrogen and oxygen atoms in total. The lowest BCUT2D eigenvalue weighted by atomic mass is 9.88. The van der Waals surface area contributed by atoms with Crippen LogP contribution in [-0.2, 0) is 16.1 Å². The molecule has 2 saturated heterocycles. The molecule has 0 bridgehead atoms. The molecule has 0 aliphatic carbocycles. The summed E-state index contributed by atoms with van der Waals surface area (Å²) in [7, 11) is 0. The standard InChI is InChI=1S/C25H31N3O2/c1-20(29)28-19-23(12-13-24(28)22-10-6-3-7-11-22)25(30)27-16-14-26(15-17-27)18-21-8-4-2-5-9-21/h2-11,23-24H,12-19H2,1H3. The number of piperidine rings is 1. The zero-order valence-corrected chi connectivity index (χ0v) is 17.7. The lowest BCUT2D eigenvalue weighted by molar-refractivity contribution is -0.143. The largest absolute Gasteiger partial charge is 0.340 e. The van der Waals surface area contributed by atoms with Crippen molar-refractivity contribution < 1.29 is 9.59 Å². The molecule has 158 valence electrons. The van der Waals surface area contributed by atoms with E-state index >= 15 is 0 Å². The van der Waals surface area contributed by atoms with Gasteiger partial charge in [0.2, 0.25) is 11.8 Å². The van der Waals surface area contributed by atoms with Crippen molar-refractivity contribution in [1.82, 2.24) is 14.7 Å². The van der Waals surface area contributed by atoms with Gasteiger partial charge in [-0.3, -0.25) is 14.5 Å². The summed E-state index contributed by atoms with van der Waals surface area (Å²) >= 11 is 0. The van der Waals surface area contributed by atoms with Crippen LogP contribution in [0.5, 0.6) is 0 Å². The number of hydrogen-bond donors (Lipinski definition) is 0. The molecule has 30 heavy (non-hydrogen) atoms. The van der Waals surface area contributed by atoms with Crippen molar-refractivity contribution in [2.75, 3.05) is 32.7 Å². The molecule has 4 rings (SSSR count). The Hall–Kier alpha value is -2.66. The molecule has 2 aliphatic heterocycles. The quantitative estimate of drug-likeness (QED) is 0.784. The second kappa shape index (κ2) is 9.43. The van der Waals surface area contributed by atoms with Crippen molar-refractivity contribution in [1.29, 1.82) is 0 Å². The van der Waals surface area contributed by atoms with Crippen LogP contribution < -0.4 is 0 Å². The van der Waals surface area contributed by atoms with E-state index in [2.05, 4.69) is 41.3 Å². The average molecular weight is 406 g/mol. The zero-order valence-electron chi connectivity index (χ0n) is 17.7. The molecule has 2 aromatic carbocycles. The van der Waals surface area contributed by atoms with Gasteiger partial charge in [0.25, 0.3) is 0 Å². The highest BCUT2D eigenvalue weighted by atomic mass is 16.2. The van der Waals surface area contributed by atoms with E-state index in [0.717, 1.165) is 51.1 Å². The molecule has 2 unspecified atom stereocenters. The summed E-state index contributed by atoms with van der Waals surface area (Å²) in [4.78, 5) is 31.8. The van der Waals surface area contributed by atoms with Crippen LogP contribution in [0.15, 0.2) is 60.7 Å². The van der Waals surface area contributed by atoms with Crippen LogP contribution in [0.25, 0.3) is 0 Å². The van der Waals surface area contributed by atoms with Crippen molar-refractivity contribution in [3.8, 4) is 0 Å². The van der Waals surface area contributed by atoms with E-state index in [1.165, 1.54) is 5.56 Å². The Labute approximate surface area is 179 Å². The van der Waals surface area contributed by atoms with Crippen LogP contribution in [0.1, 0.15) is 36.9 Å². The minimum absolute atomic E-state index is 0.0500. The fourth-order valence-electron chi connectivity index (χ4n) is 4.77. The van der Waals surface area contributed by atoms with Crippen molar-refractivity contribution in [3.63, 3.8) is 0 Å².